The van der Waals surface area contributed by atoms with Crippen molar-refractivity contribution >= 4 is 49.3 Å². The molecule has 12 aromatic rings. The van der Waals surface area contributed by atoms with Gasteiger partial charge < -0.3 is 9.13 Å². The molecule has 0 N–H and O–H groups in total. The maximum atomic E-state index is 14.7. The molecule has 0 atom stereocenters. The van der Waals surface area contributed by atoms with Gasteiger partial charge in [0.25, 0.3) is 0 Å². The normalized spacial score (nSPS) is 11.6. The van der Waals surface area contributed by atoms with Crippen LogP contribution in [0.4, 0.5) is 18.9 Å². The van der Waals surface area contributed by atoms with Gasteiger partial charge in [0.05, 0.1) is 57.0 Å². The Kier molecular flexibility index (Phi) is 9.94. The Labute approximate surface area is 399 Å². The molecule has 0 aliphatic heterocycles. The van der Waals surface area contributed by atoms with Gasteiger partial charge in [-0.3, -0.25) is 9.97 Å². The predicted octanol–water partition coefficient (Wildman–Crippen LogP) is 16.4. The van der Waals surface area contributed by atoms with Crippen LogP contribution in [0, 0.1) is 17.9 Å². The van der Waals surface area contributed by atoms with E-state index in [1.54, 1.807) is 12.1 Å². The first-order valence-electron chi connectivity index (χ1n) is 22.5. The highest BCUT2D eigenvalue weighted by molar-refractivity contribution is 6.12. The van der Waals surface area contributed by atoms with Crippen molar-refractivity contribution in [3.8, 4) is 73.3 Å². The molecule has 330 valence electrons. The van der Waals surface area contributed by atoms with Crippen LogP contribution in [-0.4, -0.2) is 19.1 Å². The fraction of sp³-hybridized carbons (Fsp3) is 0.0164. The summed E-state index contributed by atoms with van der Waals surface area (Å²) in [6.45, 7) is 7.89. The van der Waals surface area contributed by atoms with Crippen LogP contribution in [0.25, 0.3) is 116 Å². The molecular formula is C61H35F3N6. The summed E-state index contributed by atoms with van der Waals surface area (Å²) in [6, 6.07) is 65.6. The van der Waals surface area contributed by atoms with E-state index in [0.717, 1.165) is 101 Å². The quantitative estimate of drug-likeness (QED) is 0.150. The van der Waals surface area contributed by atoms with Gasteiger partial charge in [0.2, 0.25) is 0 Å². The molecule has 0 unspecified atom stereocenters. The minimum atomic E-state index is -4.73. The average Bonchev–Trinajstić information content (AvgIpc) is 3.93. The van der Waals surface area contributed by atoms with E-state index in [-0.39, 0.29) is 11.3 Å². The molecule has 4 aromatic heterocycles. The lowest BCUT2D eigenvalue weighted by atomic mass is 9.96. The van der Waals surface area contributed by atoms with Crippen LogP contribution in [0.1, 0.15) is 11.1 Å². The lowest BCUT2D eigenvalue weighted by molar-refractivity contribution is -0.137. The molecule has 9 heteroatoms. The van der Waals surface area contributed by atoms with Crippen molar-refractivity contribution in [2.75, 3.05) is 0 Å². The fourth-order valence-electron chi connectivity index (χ4n) is 9.78. The van der Waals surface area contributed by atoms with E-state index in [0.29, 0.717) is 22.5 Å². The second-order valence-corrected chi connectivity index (χ2v) is 17.1. The molecule has 70 heavy (non-hydrogen) atoms. The Hall–Kier alpha value is -9.57. The minimum absolute atomic E-state index is 0.156. The van der Waals surface area contributed by atoms with Gasteiger partial charge in [0, 0.05) is 67.3 Å². The zero-order valence-corrected chi connectivity index (χ0v) is 37.0. The highest BCUT2D eigenvalue weighted by atomic mass is 19.4. The Morgan fingerprint density at radius 2 is 0.929 bits per heavy atom. The molecule has 0 spiro atoms. The summed E-state index contributed by atoms with van der Waals surface area (Å²) in [4.78, 5) is 13.1. The molecule has 0 aliphatic rings. The van der Waals surface area contributed by atoms with Crippen LogP contribution in [0.15, 0.2) is 213 Å². The Morgan fingerprint density at radius 1 is 0.443 bits per heavy atom. The molecule has 0 fully saturated rings. The third kappa shape index (κ3) is 7.13. The molecule has 0 bridgehead atoms. The molecule has 0 saturated heterocycles. The predicted molar refractivity (Wildman–Crippen MR) is 274 cm³/mol. The van der Waals surface area contributed by atoms with Crippen molar-refractivity contribution in [1.82, 2.24) is 19.1 Å². The minimum Gasteiger partial charge on any atom is -0.309 e. The molecule has 0 saturated carbocycles. The molecule has 0 aliphatic carbocycles. The summed E-state index contributed by atoms with van der Waals surface area (Å²) in [5, 5.41) is 14.9. The number of pyridine rings is 2. The number of hydrogen-bond donors (Lipinski definition) is 0. The monoisotopic (exact) mass is 908 g/mol. The zero-order valence-electron chi connectivity index (χ0n) is 37.0. The van der Waals surface area contributed by atoms with Crippen molar-refractivity contribution in [3.05, 3.63) is 235 Å². The second-order valence-electron chi connectivity index (χ2n) is 17.1. The number of nitrogens with zero attached hydrogens (tertiary/aromatic N) is 6. The number of hydrogen-bond acceptors (Lipinski definition) is 3. The lowest BCUT2D eigenvalue weighted by Crippen LogP contribution is -2.06. The summed E-state index contributed by atoms with van der Waals surface area (Å²) in [5.74, 6) is 0. The van der Waals surface area contributed by atoms with Crippen molar-refractivity contribution < 1.29 is 13.2 Å². The summed E-state index contributed by atoms with van der Waals surface area (Å²) < 4.78 is 48.2. The topological polar surface area (TPSA) is 63.8 Å². The Balaban J connectivity index is 1.07. The third-order valence-corrected chi connectivity index (χ3v) is 13.1. The zero-order chi connectivity index (χ0) is 47.5. The number of halogens is 3. The van der Waals surface area contributed by atoms with E-state index >= 15 is 0 Å². The molecule has 0 radical (unpaired) electrons. The first-order chi connectivity index (χ1) is 34.2. The van der Waals surface area contributed by atoms with Gasteiger partial charge in [-0.2, -0.15) is 18.4 Å². The van der Waals surface area contributed by atoms with Crippen LogP contribution < -0.4 is 0 Å². The first-order valence-corrected chi connectivity index (χ1v) is 22.5. The van der Waals surface area contributed by atoms with Gasteiger partial charge in [-0.15, -0.1) is 0 Å². The molecule has 12 rings (SSSR count). The van der Waals surface area contributed by atoms with Gasteiger partial charge in [-0.1, -0.05) is 121 Å². The molecular weight excluding hydrogens is 874 g/mol. The molecule has 4 heterocycles. The van der Waals surface area contributed by atoms with Crippen molar-refractivity contribution in [1.29, 1.82) is 5.26 Å². The summed E-state index contributed by atoms with van der Waals surface area (Å²) in [7, 11) is 0. The number of benzene rings is 8. The van der Waals surface area contributed by atoms with Gasteiger partial charge in [0.1, 0.15) is 6.07 Å². The summed E-state index contributed by atoms with van der Waals surface area (Å²) >= 11 is 0. The van der Waals surface area contributed by atoms with Crippen molar-refractivity contribution in [2.24, 2.45) is 0 Å². The van der Waals surface area contributed by atoms with Gasteiger partial charge in [-0.05, 0) is 95.6 Å². The van der Waals surface area contributed by atoms with E-state index in [9.17, 15) is 18.4 Å². The van der Waals surface area contributed by atoms with Crippen LogP contribution >= 0.6 is 0 Å². The SMILES string of the molecule is [C-]#[N+]c1cc(-c2cc(-n3c4ccccc4c4cc(-c5ccc(-c6ccccc6)nc5)ccc43)c(C#N)cc2-n2c3ccccc3c3cc(-c4ccc(-c5ccccc5)nc4)ccc32)cc(C(F)(F)F)c1. The smallest absolute Gasteiger partial charge is 0.309 e. The third-order valence-electron chi connectivity index (χ3n) is 13.1. The van der Waals surface area contributed by atoms with Gasteiger partial charge in [0.15, 0.2) is 5.69 Å². The number of rotatable bonds is 7. The van der Waals surface area contributed by atoms with Crippen molar-refractivity contribution in [3.63, 3.8) is 0 Å². The maximum Gasteiger partial charge on any atom is 0.415 e. The van der Waals surface area contributed by atoms with Gasteiger partial charge in [-0.25, -0.2) is 4.85 Å². The highest BCUT2D eigenvalue weighted by Crippen LogP contribution is 2.44. The Morgan fingerprint density at radius 3 is 1.41 bits per heavy atom. The van der Waals surface area contributed by atoms with E-state index < -0.39 is 11.7 Å². The van der Waals surface area contributed by atoms with E-state index in [4.69, 9.17) is 16.5 Å². The lowest BCUT2D eigenvalue weighted by Gasteiger charge is -2.20. The standard InChI is InChI=1S/C61H35F3N6/c1-66-47-29-44(28-46(33-47)61(62,63)64)50-34-59(69-55-18-10-8-16-48(55)51-30-40(22-26-57(51)69)42-20-24-53(67-36-42)38-12-4-2-5-13-38)45(35-65)32-60(50)70-56-19-11-9-17-49(56)52-31-41(23-27-58(52)70)43-21-25-54(68-37-43)39-14-6-3-7-15-39/h2-34,36-37H. The largest absolute Gasteiger partial charge is 0.415 e. The maximum absolute atomic E-state index is 14.7. The van der Waals surface area contributed by atoms with Crippen LogP contribution in [-0.2, 0) is 6.18 Å². The molecule has 8 aromatic carbocycles. The van der Waals surface area contributed by atoms with Crippen LogP contribution in [0.5, 0.6) is 0 Å². The second kappa shape index (κ2) is 16.6. The number of aromatic nitrogens is 4. The molecule has 6 nitrogen and oxygen atoms in total. The Bertz CT molecular complexity index is 4100. The average molecular weight is 909 g/mol. The number of para-hydroxylation sites is 2. The van der Waals surface area contributed by atoms with Crippen LogP contribution in [0.3, 0.4) is 0 Å². The van der Waals surface area contributed by atoms with E-state index in [1.807, 2.05) is 173 Å². The van der Waals surface area contributed by atoms with Crippen molar-refractivity contribution in [2.45, 2.75) is 6.18 Å². The summed E-state index contributed by atoms with van der Waals surface area (Å²) in [6.07, 6.45) is -1.01. The molecule has 0 amide bonds. The fourth-order valence-corrected chi connectivity index (χ4v) is 9.78. The number of alkyl halides is 3. The number of fused-ring (bicyclic) bond motifs is 6. The number of nitriles is 1. The van der Waals surface area contributed by atoms with E-state index in [1.165, 1.54) is 6.07 Å². The highest BCUT2D eigenvalue weighted by Gasteiger charge is 2.32. The summed E-state index contributed by atoms with van der Waals surface area (Å²) in [5.41, 5.74) is 11.4. The van der Waals surface area contributed by atoms with Crippen LogP contribution in [0.2, 0.25) is 0 Å². The van der Waals surface area contributed by atoms with E-state index in [2.05, 4.69) is 29.1 Å². The van der Waals surface area contributed by atoms with Gasteiger partial charge >= 0.3 is 6.18 Å². The first kappa shape index (κ1) is 41.8.